The molecule has 0 aliphatic carbocycles. The minimum atomic E-state index is 0.422. The molecule has 1 saturated heterocycles. The second kappa shape index (κ2) is 6.86. The van der Waals surface area contributed by atoms with E-state index in [1.165, 1.54) is 36.0 Å². The van der Waals surface area contributed by atoms with E-state index in [4.69, 9.17) is 4.74 Å². The molecule has 120 valence electrons. The Labute approximate surface area is 139 Å². The van der Waals surface area contributed by atoms with Gasteiger partial charge in [0.25, 0.3) is 0 Å². The van der Waals surface area contributed by atoms with Crippen LogP contribution in [0.2, 0.25) is 0 Å². The smallest absolute Gasteiger partial charge is 0.0702 e. The maximum atomic E-state index is 5.97. The summed E-state index contributed by atoms with van der Waals surface area (Å²) in [6.45, 7) is 4.16. The van der Waals surface area contributed by atoms with Gasteiger partial charge in [-0.25, -0.2) is 0 Å². The normalized spacial score (nSPS) is 25.0. The molecule has 2 aliphatic heterocycles. The lowest BCUT2D eigenvalue weighted by Crippen LogP contribution is -2.40. The molecule has 1 fully saturated rings. The van der Waals surface area contributed by atoms with Crippen LogP contribution < -0.4 is 0 Å². The molecule has 2 nitrogen and oxygen atoms in total. The van der Waals surface area contributed by atoms with Crippen LogP contribution in [-0.2, 0) is 11.3 Å². The molecule has 4 rings (SSSR count). The van der Waals surface area contributed by atoms with Crippen molar-refractivity contribution < 1.29 is 4.74 Å². The molecule has 2 heteroatoms. The number of benzene rings is 2. The number of fused-ring (bicyclic) bond motifs is 1. The summed E-state index contributed by atoms with van der Waals surface area (Å²) in [4.78, 5) is 2.59. The third kappa shape index (κ3) is 3.34. The number of hydrogen-bond acceptors (Lipinski definition) is 2. The minimum absolute atomic E-state index is 0.422. The van der Waals surface area contributed by atoms with Crippen molar-refractivity contribution >= 4 is 0 Å². The van der Waals surface area contributed by atoms with Crippen molar-refractivity contribution in [1.82, 2.24) is 4.90 Å². The quantitative estimate of drug-likeness (QED) is 0.842. The predicted octanol–water partition coefficient (Wildman–Crippen LogP) is 4.20. The van der Waals surface area contributed by atoms with Crippen LogP contribution in [0.4, 0.5) is 0 Å². The Bertz CT molecular complexity index is 633. The molecular formula is C21H25NO. The van der Waals surface area contributed by atoms with E-state index >= 15 is 0 Å². The van der Waals surface area contributed by atoms with Crippen molar-refractivity contribution in [1.29, 1.82) is 0 Å². The molecule has 0 spiro atoms. The molecule has 0 unspecified atom stereocenters. The zero-order valence-electron chi connectivity index (χ0n) is 13.7. The Balaban J connectivity index is 1.58. The second-order valence-electron chi connectivity index (χ2n) is 6.84. The van der Waals surface area contributed by atoms with E-state index in [-0.39, 0.29) is 0 Å². The van der Waals surface area contributed by atoms with Crippen LogP contribution in [0.3, 0.4) is 0 Å². The Kier molecular flexibility index (Phi) is 4.45. The lowest BCUT2D eigenvalue weighted by atomic mass is 9.84. The zero-order valence-corrected chi connectivity index (χ0v) is 13.7. The van der Waals surface area contributed by atoms with Crippen LogP contribution in [-0.4, -0.2) is 30.7 Å². The van der Waals surface area contributed by atoms with Crippen LogP contribution in [0.1, 0.15) is 41.9 Å². The van der Waals surface area contributed by atoms with E-state index in [9.17, 15) is 0 Å². The van der Waals surface area contributed by atoms with Crippen molar-refractivity contribution in [2.24, 2.45) is 0 Å². The number of nitrogens with zero attached hydrogens (tertiary/aromatic N) is 1. The molecule has 0 saturated carbocycles. The van der Waals surface area contributed by atoms with Crippen molar-refractivity contribution in [2.45, 2.75) is 37.8 Å². The fourth-order valence-corrected chi connectivity index (χ4v) is 4.03. The van der Waals surface area contributed by atoms with Crippen LogP contribution in [0.25, 0.3) is 0 Å². The lowest BCUT2D eigenvalue weighted by Gasteiger charge is -2.37. The number of hydrogen-bond donors (Lipinski definition) is 0. The van der Waals surface area contributed by atoms with Gasteiger partial charge in [0.15, 0.2) is 0 Å². The zero-order chi connectivity index (χ0) is 15.5. The van der Waals surface area contributed by atoms with Crippen LogP contribution in [0, 0.1) is 0 Å². The number of ether oxygens (including phenoxy) is 1. The Morgan fingerprint density at radius 1 is 0.957 bits per heavy atom. The monoisotopic (exact) mass is 307 g/mol. The van der Waals surface area contributed by atoms with Crippen molar-refractivity contribution in [2.75, 3.05) is 19.7 Å². The van der Waals surface area contributed by atoms with Crippen LogP contribution in [0.15, 0.2) is 54.6 Å². The highest BCUT2D eigenvalue weighted by atomic mass is 16.5. The van der Waals surface area contributed by atoms with Crippen molar-refractivity contribution in [3.8, 4) is 0 Å². The highest BCUT2D eigenvalue weighted by Gasteiger charge is 2.28. The first-order chi connectivity index (χ1) is 11.4. The average Bonchev–Trinajstić information content (AvgIpc) is 2.63. The summed E-state index contributed by atoms with van der Waals surface area (Å²) in [6, 6.07) is 19.9. The third-order valence-corrected chi connectivity index (χ3v) is 5.20. The summed E-state index contributed by atoms with van der Waals surface area (Å²) in [6.07, 6.45) is 4.18. The fraction of sp³-hybridized carbons (Fsp3) is 0.429. The summed E-state index contributed by atoms with van der Waals surface area (Å²) < 4.78 is 5.97. The molecule has 2 aromatic rings. The largest absolute Gasteiger partial charge is 0.377 e. The van der Waals surface area contributed by atoms with Gasteiger partial charge in [0.05, 0.1) is 6.10 Å². The Morgan fingerprint density at radius 3 is 2.61 bits per heavy atom. The van der Waals surface area contributed by atoms with E-state index in [0.717, 1.165) is 26.2 Å². The summed E-state index contributed by atoms with van der Waals surface area (Å²) in [5.41, 5.74) is 4.40. The summed E-state index contributed by atoms with van der Waals surface area (Å²) >= 11 is 0. The average molecular weight is 307 g/mol. The number of rotatable bonds is 3. The van der Waals surface area contributed by atoms with E-state index in [2.05, 4.69) is 59.5 Å². The SMILES string of the molecule is c1ccc([C@@H]2CN(C[C@H]3CCCCO3)Cc3ccccc32)cc1. The topological polar surface area (TPSA) is 12.5 Å². The molecule has 23 heavy (non-hydrogen) atoms. The van der Waals surface area contributed by atoms with Gasteiger partial charge in [-0.1, -0.05) is 54.6 Å². The first kappa shape index (κ1) is 14.9. The Hall–Kier alpha value is -1.64. The van der Waals surface area contributed by atoms with E-state index < -0.39 is 0 Å². The van der Waals surface area contributed by atoms with Crippen LogP contribution >= 0.6 is 0 Å². The molecule has 2 aromatic carbocycles. The molecule has 0 bridgehead atoms. The summed E-state index contributed by atoms with van der Waals surface area (Å²) in [5, 5.41) is 0. The second-order valence-corrected chi connectivity index (χ2v) is 6.84. The van der Waals surface area contributed by atoms with E-state index in [1.807, 2.05) is 0 Å². The van der Waals surface area contributed by atoms with Crippen molar-refractivity contribution in [3.63, 3.8) is 0 Å². The molecule has 0 aromatic heterocycles. The van der Waals surface area contributed by atoms with Gasteiger partial charge in [-0.2, -0.15) is 0 Å². The van der Waals surface area contributed by atoms with Crippen molar-refractivity contribution in [3.05, 3.63) is 71.3 Å². The van der Waals surface area contributed by atoms with Gasteiger partial charge >= 0.3 is 0 Å². The van der Waals surface area contributed by atoms with Gasteiger partial charge in [-0.3, -0.25) is 4.90 Å². The van der Waals surface area contributed by atoms with Gasteiger partial charge in [0, 0.05) is 32.2 Å². The standard InChI is InChI=1S/C21H25NO/c1-2-8-17(9-3-1)21-16-22(15-19-11-6-7-13-23-19)14-18-10-4-5-12-20(18)21/h1-5,8-10,12,19,21H,6-7,11,13-16H2/t19-,21+/m1/s1. The fourth-order valence-electron chi connectivity index (χ4n) is 4.03. The van der Waals surface area contributed by atoms with E-state index in [0.29, 0.717) is 12.0 Å². The minimum Gasteiger partial charge on any atom is -0.377 e. The van der Waals surface area contributed by atoms with Gasteiger partial charge in [-0.15, -0.1) is 0 Å². The third-order valence-electron chi connectivity index (χ3n) is 5.20. The molecule has 2 aliphatic rings. The highest BCUT2D eigenvalue weighted by molar-refractivity contribution is 5.40. The molecule has 0 radical (unpaired) electrons. The molecule has 0 amide bonds. The Morgan fingerprint density at radius 2 is 1.78 bits per heavy atom. The molecule has 2 heterocycles. The maximum absolute atomic E-state index is 5.97. The lowest BCUT2D eigenvalue weighted by molar-refractivity contribution is -0.00889. The first-order valence-corrected chi connectivity index (χ1v) is 8.87. The van der Waals surface area contributed by atoms with Crippen LogP contribution in [0.5, 0.6) is 0 Å². The molecule has 0 N–H and O–H groups in total. The van der Waals surface area contributed by atoms with Gasteiger partial charge < -0.3 is 4.74 Å². The maximum Gasteiger partial charge on any atom is 0.0702 e. The highest BCUT2D eigenvalue weighted by Crippen LogP contribution is 2.33. The van der Waals surface area contributed by atoms with Gasteiger partial charge in [0.1, 0.15) is 0 Å². The molecular weight excluding hydrogens is 282 g/mol. The first-order valence-electron chi connectivity index (χ1n) is 8.87. The van der Waals surface area contributed by atoms with Gasteiger partial charge in [0.2, 0.25) is 0 Å². The summed E-state index contributed by atoms with van der Waals surface area (Å²) in [5.74, 6) is 0.477. The van der Waals surface area contributed by atoms with Gasteiger partial charge in [-0.05, 0) is 36.0 Å². The van der Waals surface area contributed by atoms with E-state index in [1.54, 1.807) is 0 Å². The molecule has 2 atom stereocenters. The predicted molar refractivity (Wildman–Crippen MR) is 93.6 cm³/mol. The summed E-state index contributed by atoms with van der Waals surface area (Å²) in [7, 11) is 0.